The largest absolute Gasteiger partial charge is 0.492 e. The first kappa shape index (κ1) is 20.0. The van der Waals surface area contributed by atoms with E-state index in [1.54, 1.807) is 10.4 Å². The van der Waals surface area contributed by atoms with Crippen LogP contribution in [0.2, 0.25) is 0 Å². The van der Waals surface area contributed by atoms with E-state index in [-0.39, 0.29) is 10.6 Å². The molecule has 3 heterocycles. The zero-order valence-corrected chi connectivity index (χ0v) is 17.5. The predicted molar refractivity (Wildman–Crippen MR) is 105 cm³/mol. The molecular formula is C18H26N6O4S. The van der Waals surface area contributed by atoms with E-state index in [1.165, 1.54) is 17.1 Å². The maximum absolute atomic E-state index is 13.6. The summed E-state index contributed by atoms with van der Waals surface area (Å²) >= 11 is 0. The van der Waals surface area contributed by atoms with Crippen molar-refractivity contribution in [3.63, 3.8) is 0 Å². The van der Waals surface area contributed by atoms with Gasteiger partial charge in [0, 0.05) is 37.8 Å². The summed E-state index contributed by atoms with van der Waals surface area (Å²) in [5, 5.41) is 11.2. The molecule has 0 N–H and O–H groups in total. The molecule has 2 aromatic rings. The van der Waals surface area contributed by atoms with Crippen LogP contribution >= 0.6 is 0 Å². The average molecular weight is 423 g/mol. The Morgan fingerprint density at radius 1 is 1.10 bits per heavy atom. The number of sulfonamides is 1. The summed E-state index contributed by atoms with van der Waals surface area (Å²) in [6.07, 6.45) is 3.59. The Balaban J connectivity index is 1.75. The molecular weight excluding hydrogens is 396 g/mol. The van der Waals surface area contributed by atoms with Crippen LogP contribution in [0.4, 0.5) is 0 Å². The second kappa shape index (κ2) is 8.25. The molecule has 29 heavy (non-hydrogen) atoms. The third kappa shape index (κ3) is 3.81. The van der Waals surface area contributed by atoms with Crippen LogP contribution in [0.3, 0.4) is 0 Å². The van der Waals surface area contributed by atoms with Crippen LogP contribution in [0.25, 0.3) is 5.69 Å². The Labute approximate surface area is 170 Å². The van der Waals surface area contributed by atoms with E-state index in [4.69, 9.17) is 9.47 Å². The number of hydrogen-bond acceptors (Lipinski definition) is 8. The van der Waals surface area contributed by atoms with Crippen molar-refractivity contribution >= 4 is 10.0 Å². The van der Waals surface area contributed by atoms with E-state index in [0.717, 1.165) is 25.9 Å². The Morgan fingerprint density at radius 3 is 2.62 bits per heavy atom. The molecule has 158 valence electrons. The van der Waals surface area contributed by atoms with Gasteiger partial charge in [0.25, 0.3) is 0 Å². The molecule has 0 spiro atoms. The topological polar surface area (TPSA) is 103 Å². The fourth-order valence-electron chi connectivity index (χ4n) is 4.04. The first-order valence-corrected chi connectivity index (χ1v) is 11.4. The van der Waals surface area contributed by atoms with Crippen LogP contribution in [0.15, 0.2) is 23.4 Å². The number of benzene rings is 1. The number of ether oxygens (including phenoxy) is 2. The summed E-state index contributed by atoms with van der Waals surface area (Å²) in [7, 11) is -3.74. The number of aromatic nitrogens is 4. The van der Waals surface area contributed by atoms with E-state index in [2.05, 4.69) is 20.4 Å². The van der Waals surface area contributed by atoms with Gasteiger partial charge in [0.05, 0.1) is 13.2 Å². The number of rotatable bonds is 7. The smallest absolute Gasteiger partial charge is 0.246 e. The summed E-state index contributed by atoms with van der Waals surface area (Å²) in [5.74, 6) is 0.664. The Bertz CT molecular complexity index is 950. The van der Waals surface area contributed by atoms with Gasteiger partial charge in [0.15, 0.2) is 0 Å². The molecule has 2 saturated heterocycles. The molecule has 2 aliphatic heterocycles. The summed E-state index contributed by atoms with van der Waals surface area (Å²) in [6.45, 7) is 7.17. The predicted octanol–water partition coefficient (Wildman–Crippen LogP) is 0.928. The van der Waals surface area contributed by atoms with E-state index in [9.17, 15) is 8.42 Å². The maximum Gasteiger partial charge on any atom is 0.246 e. The van der Waals surface area contributed by atoms with Gasteiger partial charge >= 0.3 is 0 Å². The van der Waals surface area contributed by atoms with Gasteiger partial charge in [-0.2, -0.15) is 8.99 Å². The molecule has 2 fully saturated rings. The molecule has 1 aromatic carbocycles. The molecule has 4 rings (SSSR count). The lowest BCUT2D eigenvalue weighted by molar-refractivity contribution is 0.158. The quantitative estimate of drug-likeness (QED) is 0.649. The third-order valence-corrected chi connectivity index (χ3v) is 7.28. The minimum atomic E-state index is -3.74. The SMILES string of the molecule is CCOc1cc(S(=O)(=O)N2CCN3CCCC3C2)c(OCC)cc1-n1cnnn1. The standard InChI is InChI=1S/C18H26N6O4S/c1-3-27-16-11-18(17(28-4-2)10-15(16)24-13-19-20-21-24)29(25,26)23-9-8-22-7-5-6-14(22)12-23/h10-11,13-14H,3-9,12H2,1-2H3. The molecule has 2 aliphatic rings. The van der Waals surface area contributed by atoms with Crippen molar-refractivity contribution in [2.45, 2.75) is 37.6 Å². The van der Waals surface area contributed by atoms with Crippen molar-refractivity contribution in [2.24, 2.45) is 0 Å². The average Bonchev–Trinajstić information content (AvgIpc) is 3.40. The molecule has 11 heteroatoms. The number of fused-ring (bicyclic) bond motifs is 1. The lowest BCUT2D eigenvalue weighted by Gasteiger charge is -2.36. The molecule has 1 aromatic heterocycles. The van der Waals surface area contributed by atoms with Gasteiger partial charge in [0.1, 0.15) is 28.4 Å². The van der Waals surface area contributed by atoms with Gasteiger partial charge in [0.2, 0.25) is 10.0 Å². The van der Waals surface area contributed by atoms with Crippen molar-refractivity contribution in [1.29, 1.82) is 0 Å². The fourth-order valence-corrected chi connectivity index (χ4v) is 5.64. The van der Waals surface area contributed by atoms with Crippen molar-refractivity contribution < 1.29 is 17.9 Å². The van der Waals surface area contributed by atoms with E-state index >= 15 is 0 Å². The lowest BCUT2D eigenvalue weighted by Crippen LogP contribution is -2.51. The van der Waals surface area contributed by atoms with Crippen molar-refractivity contribution in [1.82, 2.24) is 29.4 Å². The number of hydrogen-bond donors (Lipinski definition) is 0. The van der Waals surface area contributed by atoms with E-state index in [0.29, 0.717) is 43.8 Å². The van der Waals surface area contributed by atoms with Crippen LogP contribution in [0.1, 0.15) is 26.7 Å². The summed E-state index contributed by atoms with van der Waals surface area (Å²) < 4.78 is 41.5. The first-order valence-electron chi connectivity index (χ1n) is 9.95. The molecule has 1 atom stereocenters. The second-order valence-corrected chi connectivity index (χ2v) is 8.99. The van der Waals surface area contributed by atoms with Crippen LogP contribution in [-0.2, 0) is 10.0 Å². The number of tetrazole rings is 1. The van der Waals surface area contributed by atoms with Gasteiger partial charge < -0.3 is 9.47 Å². The molecule has 0 aliphatic carbocycles. The Kier molecular flexibility index (Phi) is 5.70. The molecule has 0 amide bonds. The number of piperazine rings is 1. The van der Waals surface area contributed by atoms with Gasteiger partial charge in [-0.05, 0) is 43.7 Å². The molecule has 10 nitrogen and oxygen atoms in total. The Morgan fingerprint density at radius 2 is 1.90 bits per heavy atom. The zero-order chi connectivity index (χ0) is 20.4. The summed E-state index contributed by atoms with van der Waals surface area (Å²) in [6, 6.07) is 3.45. The molecule has 1 unspecified atom stereocenters. The summed E-state index contributed by atoms with van der Waals surface area (Å²) in [5.41, 5.74) is 0.528. The lowest BCUT2D eigenvalue weighted by atomic mass is 10.2. The minimum absolute atomic E-state index is 0.117. The molecule has 0 radical (unpaired) electrons. The first-order chi connectivity index (χ1) is 14.0. The zero-order valence-electron chi connectivity index (χ0n) is 16.7. The van der Waals surface area contributed by atoms with Crippen LogP contribution in [0, 0.1) is 0 Å². The van der Waals surface area contributed by atoms with Gasteiger partial charge in [-0.25, -0.2) is 8.42 Å². The highest BCUT2D eigenvalue weighted by atomic mass is 32.2. The van der Waals surface area contributed by atoms with Crippen LogP contribution in [-0.4, -0.2) is 83.3 Å². The highest BCUT2D eigenvalue weighted by Crippen LogP contribution is 2.37. The molecule has 0 saturated carbocycles. The Hall–Kier alpha value is -2.24. The third-order valence-electron chi connectivity index (χ3n) is 5.39. The fraction of sp³-hybridized carbons (Fsp3) is 0.611. The monoisotopic (exact) mass is 422 g/mol. The van der Waals surface area contributed by atoms with Gasteiger partial charge in [-0.3, -0.25) is 4.90 Å². The van der Waals surface area contributed by atoms with Crippen molar-refractivity contribution in [2.75, 3.05) is 39.4 Å². The van der Waals surface area contributed by atoms with Crippen LogP contribution < -0.4 is 9.47 Å². The summed E-state index contributed by atoms with van der Waals surface area (Å²) in [4.78, 5) is 2.49. The van der Waals surface area contributed by atoms with Gasteiger partial charge in [-0.15, -0.1) is 5.10 Å². The number of nitrogens with zero attached hydrogens (tertiary/aromatic N) is 6. The second-order valence-electron chi connectivity index (χ2n) is 7.08. The van der Waals surface area contributed by atoms with E-state index < -0.39 is 10.0 Å². The normalized spacial score (nSPS) is 20.6. The maximum atomic E-state index is 13.6. The highest BCUT2D eigenvalue weighted by Gasteiger charge is 2.38. The highest BCUT2D eigenvalue weighted by molar-refractivity contribution is 7.89. The molecule has 0 bridgehead atoms. The van der Waals surface area contributed by atoms with Crippen molar-refractivity contribution in [3.8, 4) is 17.2 Å². The van der Waals surface area contributed by atoms with Gasteiger partial charge in [-0.1, -0.05) is 0 Å². The van der Waals surface area contributed by atoms with Crippen molar-refractivity contribution in [3.05, 3.63) is 18.5 Å². The van der Waals surface area contributed by atoms with Crippen LogP contribution in [0.5, 0.6) is 11.5 Å². The van der Waals surface area contributed by atoms with E-state index in [1.807, 2.05) is 13.8 Å². The minimum Gasteiger partial charge on any atom is -0.492 e.